The summed E-state index contributed by atoms with van der Waals surface area (Å²) >= 11 is 5.81. The van der Waals surface area contributed by atoms with Crippen LogP contribution in [-0.4, -0.2) is 57.1 Å². The number of carboxylic acids is 1. The average molecular weight is 404 g/mol. The van der Waals surface area contributed by atoms with Gasteiger partial charge >= 0.3 is 5.97 Å². The highest BCUT2D eigenvalue weighted by Gasteiger charge is 2.37. The fourth-order valence-electron chi connectivity index (χ4n) is 3.84. The molecule has 2 atom stereocenters. The molecule has 1 fully saturated rings. The number of H-pyrrole nitrogens is 1. The Morgan fingerprint density at radius 2 is 2.25 bits per heavy atom. The first-order chi connectivity index (χ1) is 13.5. The van der Waals surface area contributed by atoms with E-state index in [-0.39, 0.29) is 16.6 Å². The van der Waals surface area contributed by atoms with E-state index < -0.39 is 17.8 Å². The maximum Gasteiger partial charge on any atom is 0.325 e. The fourth-order valence-corrected chi connectivity index (χ4v) is 4.00. The molecule has 4 rings (SSSR count). The van der Waals surface area contributed by atoms with Crippen molar-refractivity contribution in [1.82, 2.24) is 19.9 Å². The summed E-state index contributed by atoms with van der Waals surface area (Å²) in [5.41, 5.74) is 0.869. The van der Waals surface area contributed by atoms with Crippen molar-refractivity contribution in [2.24, 2.45) is 0 Å². The minimum absolute atomic E-state index is 0.0465. The van der Waals surface area contributed by atoms with Gasteiger partial charge in [-0.15, -0.1) is 0 Å². The monoisotopic (exact) mass is 403 g/mol. The van der Waals surface area contributed by atoms with Gasteiger partial charge in [-0.25, -0.2) is 14.4 Å². The van der Waals surface area contributed by atoms with Gasteiger partial charge in [0.2, 0.25) is 0 Å². The number of rotatable bonds is 5. The highest BCUT2D eigenvalue weighted by atomic mass is 35.5. The number of fused-ring (bicyclic) bond motifs is 1. The Morgan fingerprint density at radius 1 is 1.43 bits per heavy atom. The molecule has 0 radical (unpaired) electrons. The number of anilines is 1. The maximum absolute atomic E-state index is 14.4. The van der Waals surface area contributed by atoms with Crippen molar-refractivity contribution in [2.75, 3.05) is 25.0 Å². The van der Waals surface area contributed by atoms with E-state index in [0.29, 0.717) is 13.1 Å². The fraction of sp³-hybridized carbons (Fsp3) is 0.316. The molecule has 3 aromatic rings. The van der Waals surface area contributed by atoms with Crippen LogP contribution in [0.2, 0.25) is 5.02 Å². The molecular weight excluding hydrogens is 385 g/mol. The first-order valence-corrected chi connectivity index (χ1v) is 9.26. The molecule has 146 valence electrons. The highest BCUT2D eigenvalue weighted by molar-refractivity contribution is 6.30. The second-order valence-electron chi connectivity index (χ2n) is 6.89. The largest absolute Gasteiger partial charge is 0.480 e. The second kappa shape index (κ2) is 7.37. The molecule has 3 heterocycles. The quantitative estimate of drug-likeness (QED) is 0.681. The third kappa shape index (κ3) is 3.29. The molecule has 1 saturated heterocycles. The molecule has 0 amide bonds. The number of nitrogens with one attached hydrogen (secondary N) is 1. The molecule has 0 aliphatic carbocycles. The molecule has 7 nitrogen and oxygen atoms in total. The topological polar surface area (TPSA) is 85.4 Å². The number of nitrogens with zero attached hydrogens (tertiary/aromatic N) is 4. The van der Waals surface area contributed by atoms with Crippen molar-refractivity contribution < 1.29 is 14.3 Å². The van der Waals surface area contributed by atoms with E-state index >= 15 is 0 Å². The van der Waals surface area contributed by atoms with Gasteiger partial charge in [0.1, 0.15) is 29.7 Å². The molecule has 0 bridgehead atoms. The molecule has 9 heteroatoms. The van der Waals surface area contributed by atoms with E-state index in [9.17, 15) is 14.3 Å². The number of likely N-dealkylation sites (tertiary alicyclic amines) is 1. The normalized spacial score (nSPS) is 18.5. The van der Waals surface area contributed by atoms with Crippen LogP contribution in [0.4, 0.5) is 10.2 Å². The third-order valence-corrected chi connectivity index (χ3v) is 5.50. The lowest BCUT2D eigenvalue weighted by atomic mass is 10.1. The number of carbonyl (C=O) groups is 1. The number of aliphatic carboxylic acids is 1. The number of aromatic amines is 1. The highest BCUT2D eigenvalue weighted by Crippen LogP contribution is 2.32. The molecule has 2 aromatic heterocycles. The van der Waals surface area contributed by atoms with Crippen molar-refractivity contribution in [3.8, 4) is 0 Å². The lowest BCUT2D eigenvalue weighted by Crippen LogP contribution is -2.38. The van der Waals surface area contributed by atoms with E-state index in [2.05, 4.69) is 15.0 Å². The predicted octanol–water partition coefficient (Wildman–Crippen LogP) is 3.09. The Kier molecular flexibility index (Phi) is 4.91. The number of hydrogen-bond donors (Lipinski definition) is 2. The van der Waals surface area contributed by atoms with Crippen molar-refractivity contribution in [3.05, 3.63) is 53.2 Å². The molecule has 1 aliphatic heterocycles. The van der Waals surface area contributed by atoms with E-state index in [1.54, 1.807) is 11.1 Å². The van der Waals surface area contributed by atoms with Gasteiger partial charge < -0.3 is 15.0 Å². The lowest BCUT2D eigenvalue weighted by Gasteiger charge is -2.28. The Bertz CT molecular complexity index is 1030. The Morgan fingerprint density at radius 3 is 3.00 bits per heavy atom. The summed E-state index contributed by atoms with van der Waals surface area (Å²) in [7, 11) is 1.93. The van der Waals surface area contributed by atoms with Crippen LogP contribution in [0.3, 0.4) is 0 Å². The van der Waals surface area contributed by atoms with Crippen LogP contribution in [0.5, 0.6) is 0 Å². The standard InChI is InChI=1S/C19H19ClFN5O2/c1-25(18-14-4-6-22-17(14)23-10-24-18)12-5-7-26(9-12)16(19(27)28)13-3-2-11(20)8-15(13)21/h2-4,6,8,10,12,16H,5,7,9H2,1H3,(H,27,28)(H,22,23,24). The zero-order valence-corrected chi connectivity index (χ0v) is 15.9. The average Bonchev–Trinajstić information content (AvgIpc) is 3.32. The van der Waals surface area contributed by atoms with Crippen LogP contribution >= 0.6 is 11.6 Å². The second-order valence-corrected chi connectivity index (χ2v) is 7.33. The summed E-state index contributed by atoms with van der Waals surface area (Å²) in [5.74, 6) is -0.913. The summed E-state index contributed by atoms with van der Waals surface area (Å²) in [6.07, 6.45) is 4.05. The van der Waals surface area contributed by atoms with E-state index in [4.69, 9.17) is 11.6 Å². The van der Waals surface area contributed by atoms with Gasteiger partial charge in [0.15, 0.2) is 0 Å². The third-order valence-electron chi connectivity index (χ3n) is 5.27. The Balaban J connectivity index is 1.58. The van der Waals surface area contributed by atoms with Gasteiger partial charge in [0, 0.05) is 43.0 Å². The molecule has 0 saturated carbocycles. The molecule has 0 spiro atoms. The number of benzene rings is 1. The summed E-state index contributed by atoms with van der Waals surface area (Å²) in [5, 5.41) is 10.9. The summed E-state index contributed by atoms with van der Waals surface area (Å²) in [6.45, 7) is 1.01. The van der Waals surface area contributed by atoms with Gasteiger partial charge in [-0.05, 0) is 24.6 Å². The summed E-state index contributed by atoms with van der Waals surface area (Å²) < 4.78 is 14.4. The van der Waals surface area contributed by atoms with E-state index in [1.807, 2.05) is 18.0 Å². The van der Waals surface area contributed by atoms with Crippen LogP contribution in [0.25, 0.3) is 11.0 Å². The summed E-state index contributed by atoms with van der Waals surface area (Å²) in [4.78, 5) is 27.4. The zero-order valence-electron chi connectivity index (χ0n) is 15.1. The summed E-state index contributed by atoms with van der Waals surface area (Å²) in [6, 6.07) is 5.01. The number of aromatic nitrogens is 3. The molecule has 1 aromatic carbocycles. The van der Waals surface area contributed by atoms with Crippen molar-refractivity contribution in [2.45, 2.75) is 18.5 Å². The van der Waals surface area contributed by atoms with Gasteiger partial charge in [0.25, 0.3) is 0 Å². The SMILES string of the molecule is CN(c1ncnc2[nH]ccc12)C1CCN(C(C(=O)O)c2ccc(Cl)cc2F)C1. The van der Waals surface area contributed by atoms with Crippen molar-refractivity contribution in [3.63, 3.8) is 0 Å². The number of carboxylic acid groups (broad SMARTS) is 1. The maximum atomic E-state index is 14.4. The minimum atomic E-state index is -1.08. The predicted molar refractivity (Wildman–Crippen MR) is 104 cm³/mol. The number of halogens is 2. The van der Waals surface area contributed by atoms with Crippen LogP contribution in [0.15, 0.2) is 36.8 Å². The van der Waals surface area contributed by atoms with Gasteiger partial charge in [-0.2, -0.15) is 0 Å². The molecule has 28 heavy (non-hydrogen) atoms. The molecule has 2 N–H and O–H groups in total. The van der Waals surface area contributed by atoms with Crippen LogP contribution in [-0.2, 0) is 4.79 Å². The van der Waals surface area contributed by atoms with Crippen LogP contribution in [0.1, 0.15) is 18.0 Å². The van der Waals surface area contributed by atoms with Crippen LogP contribution < -0.4 is 4.90 Å². The number of likely N-dealkylation sites (N-methyl/N-ethyl adjacent to an activating group) is 1. The van der Waals surface area contributed by atoms with E-state index in [0.717, 1.165) is 29.3 Å². The smallest absolute Gasteiger partial charge is 0.325 e. The van der Waals surface area contributed by atoms with Crippen molar-refractivity contribution >= 4 is 34.4 Å². The first kappa shape index (κ1) is 18.6. The van der Waals surface area contributed by atoms with Gasteiger partial charge in [0.05, 0.1) is 5.39 Å². The van der Waals surface area contributed by atoms with E-state index in [1.165, 1.54) is 18.5 Å². The minimum Gasteiger partial charge on any atom is -0.480 e. The first-order valence-electron chi connectivity index (χ1n) is 8.88. The Hall–Kier alpha value is -2.71. The molecular formula is C19H19ClFN5O2. The zero-order chi connectivity index (χ0) is 19.8. The molecule has 2 unspecified atom stereocenters. The van der Waals surface area contributed by atoms with Crippen LogP contribution in [0, 0.1) is 5.82 Å². The van der Waals surface area contributed by atoms with Crippen molar-refractivity contribution in [1.29, 1.82) is 0 Å². The number of hydrogen-bond acceptors (Lipinski definition) is 5. The van der Waals surface area contributed by atoms with Gasteiger partial charge in [-0.1, -0.05) is 17.7 Å². The Labute approximate surface area is 165 Å². The lowest BCUT2D eigenvalue weighted by molar-refractivity contribution is -0.143. The molecule has 1 aliphatic rings. The van der Waals surface area contributed by atoms with Gasteiger partial charge in [-0.3, -0.25) is 9.69 Å².